The van der Waals surface area contributed by atoms with E-state index in [0.717, 1.165) is 30.2 Å². The molecule has 2 rings (SSSR count). The molecule has 0 aromatic carbocycles. The molecule has 0 spiro atoms. The van der Waals surface area contributed by atoms with Crippen LogP contribution in [0.3, 0.4) is 0 Å². The maximum Gasteiger partial charge on any atom is 0.166 e. The number of hydrogen-bond acceptors (Lipinski definition) is 6. The van der Waals surface area contributed by atoms with Gasteiger partial charge in [-0.3, -0.25) is 4.90 Å². The first kappa shape index (κ1) is 15.9. The molecule has 0 bridgehead atoms. The smallest absolute Gasteiger partial charge is 0.166 e. The molecule has 1 aromatic heterocycles. The van der Waals surface area contributed by atoms with Gasteiger partial charge < -0.3 is 9.73 Å². The standard InChI is InChI=1S/C13H22N2O3S2/c1-3-20(16,17)13-10-19-7-5-15(13)9-12-11(8-14-2)4-6-18-12/h4,6,13-14H,3,5,7-10H2,1-2H3. The normalized spacial score (nSPS) is 21.2. The molecule has 1 N–H and O–H groups in total. The third kappa shape index (κ3) is 3.58. The van der Waals surface area contributed by atoms with Gasteiger partial charge in [-0.05, 0) is 13.1 Å². The molecule has 5 nitrogen and oxygen atoms in total. The maximum absolute atomic E-state index is 12.2. The molecule has 0 aliphatic carbocycles. The van der Waals surface area contributed by atoms with Crippen LogP contribution in [0.4, 0.5) is 0 Å². The Morgan fingerprint density at radius 2 is 2.35 bits per heavy atom. The zero-order valence-electron chi connectivity index (χ0n) is 12.0. The lowest BCUT2D eigenvalue weighted by Gasteiger charge is -2.34. The Morgan fingerprint density at radius 1 is 1.55 bits per heavy atom. The average molecular weight is 318 g/mol. The molecule has 1 atom stereocenters. The molecule has 1 fully saturated rings. The number of rotatable bonds is 6. The highest BCUT2D eigenvalue weighted by Crippen LogP contribution is 2.24. The van der Waals surface area contributed by atoms with E-state index in [1.165, 1.54) is 0 Å². The van der Waals surface area contributed by atoms with Crippen LogP contribution in [0.1, 0.15) is 18.2 Å². The lowest BCUT2D eigenvalue weighted by Crippen LogP contribution is -2.47. The first-order valence-electron chi connectivity index (χ1n) is 6.81. The minimum atomic E-state index is -3.05. The third-order valence-corrected chi connectivity index (χ3v) is 6.89. The Balaban J connectivity index is 2.15. The molecular formula is C13H22N2O3S2. The van der Waals surface area contributed by atoms with E-state index in [2.05, 4.69) is 5.32 Å². The second-order valence-corrected chi connectivity index (χ2v) is 8.45. The van der Waals surface area contributed by atoms with Crippen molar-refractivity contribution in [3.8, 4) is 0 Å². The highest BCUT2D eigenvalue weighted by atomic mass is 32.2. The van der Waals surface area contributed by atoms with Crippen LogP contribution in [-0.4, -0.2) is 49.5 Å². The largest absolute Gasteiger partial charge is 0.468 e. The van der Waals surface area contributed by atoms with Crippen LogP contribution in [0.2, 0.25) is 0 Å². The molecule has 2 heterocycles. The van der Waals surface area contributed by atoms with E-state index in [-0.39, 0.29) is 5.75 Å². The van der Waals surface area contributed by atoms with E-state index in [1.54, 1.807) is 24.9 Å². The zero-order chi connectivity index (χ0) is 14.6. The van der Waals surface area contributed by atoms with Gasteiger partial charge in [0.15, 0.2) is 9.84 Å². The topological polar surface area (TPSA) is 62.6 Å². The Labute approximate surface area is 125 Å². The lowest BCUT2D eigenvalue weighted by atomic mass is 10.2. The lowest BCUT2D eigenvalue weighted by molar-refractivity contribution is 0.239. The fourth-order valence-electron chi connectivity index (χ4n) is 2.36. The van der Waals surface area contributed by atoms with E-state index >= 15 is 0 Å². The molecule has 0 radical (unpaired) electrons. The molecule has 1 unspecified atom stereocenters. The quantitative estimate of drug-likeness (QED) is 0.853. The van der Waals surface area contributed by atoms with Crippen LogP contribution in [0.25, 0.3) is 0 Å². The second kappa shape index (κ2) is 6.98. The summed E-state index contributed by atoms with van der Waals surface area (Å²) in [5, 5.41) is 2.71. The van der Waals surface area contributed by atoms with Crippen LogP contribution >= 0.6 is 11.8 Å². The van der Waals surface area contributed by atoms with E-state index in [0.29, 0.717) is 12.3 Å². The predicted octanol–water partition coefficient (Wildman–Crippen LogP) is 1.31. The molecule has 0 amide bonds. The minimum absolute atomic E-state index is 0.191. The van der Waals surface area contributed by atoms with Crippen molar-refractivity contribution < 1.29 is 12.8 Å². The van der Waals surface area contributed by atoms with E-state index in [1.807, 2.05) is 18.0 Å². The zero-order valence-corrected chi connectivity index (χ0v) is 13.6. The van der Waals surface area contributed by atoms with Crippen molar-refractivity contribution in [2.24, 2.45) is 0 Å². The van der Waals surface area contributed by atoms with Gasteiger partial charge in [0, 0.05) is 35.9 Å². The van der Waals surface area contributed by atoms with Crippen LogP contribution in [0, 0.1) is 0 Å². The van der Waals surface area contributed by atoms with Crippen molar-refractivity contribution in [3.05, 3.63) is 23.7 Å². The first-order valence-corrected chi connectivity index (χ1v) is 9.68. The number of thioether (sulfide) groups is 1. The molecule has 114 valence electrons. The molecular weight excluding hydrogens is 296 g/mol. The Kier molecular flexibility index (Phi) is 5.54. The summed E-state index contributed by atoms with van der Waals surface area (Å²) >= 11 is 1.71. The van der Waals surface area contributed by atoms with E-state index in [4.69, 9.17) is 4.42 Å². The van der Waals surface area contributed by atoms with Gasteiger partial charge in [-0.1, -0.05) is 6.92 Å². The number of furan rings is 1. The number of sulfone groups is 1. The third-order valence-electron chi connectivity index (χ3n) is 3.56. The van der Waals surface area contributed by atoms with Crippen LogP contribution in [-0.2, 0) is 22.9 Å². The van der Waals surface area contributed by atoms with Gasteiger partial charge in [-0.25, -0.2) is 8.42 Å². The van der Waals surface area contributed by atoms with Crippen LogP contribution < -0.4 is 5.32 Å². The minimum Gasteiger partial charge on any atom is -0.468 e. The molecule has 7 heteroatoms. The number of nitrogens with zero attached hydrogens (tertiary/aromatic N) is 1. The predicted molar refractivity (Wildman–Crippen MR) is 82.5 cm³/mol. The Bertz CT molecular complexity index is 527. The van der Waals surface area contributed by atoms with Crippen molar-refractivity contribution in [3.63, 3.8) is 0 Å². The molecule has 20 heavy (non-hydrogen) atoms. The summed E-state index contributed by atoms with van der Waals surface area (Å²) in [6.07, 6.45) is 1.67. The van der Waals surface area contributed by atoms with Gasteiger partial charge in [0.1, 0.15) is 11.1 Å². The summed E-state index contributed by atoms with van der Waals surface area (Å²) in [6.45, 7) is 3.80. The summed E-state index contributed by atoms with van der Waals surface area (Å²) in [7, 11) is -1.16. The monoisotopic (exact) mass is 318 g/mol. The van der Waals surface area contributed by atoms with Crippen molar-refractivity contribution in [1.29, 1.82) is 0 Å². The molecule has 1 aliphatic rings. The highest BCUT2D eigenvalue weighted by molar-refractivity contribution is 8.01. The summed E-state index contributed by atoms with van der Waals surface area (Å²) in [5.41, 5.74) is 1.10. The summed E-state index contributed by atoms with van der Waals surface area (Å²) < 4.78 is 29.9. The maximum atomic E-state index is 12.2. The van der Waals surface area contributed by atoms with Crippen molar-refractivity contribution in [1.82, 2.24) is 10.2 Å². The van der Waals surface area contributed by atoms with Crippen LogP contribution in [0.5, 0.6) is 0 Å². The van der Waals surface area contributed by atoms with E-state index < -0.39 is 15.2 Å². The second-order valence-electron chi connectivity index (χ2n) is 4.85. The molecule has 1 aliphatic heterocycles. The fourth-order valence-corrected chi connectivity index (χ4v) is 5.44. The number of hydrogen-bond donors (Lipinski definition) is 1. The molecule has 1 aromatic rings. The van der Waals surface area contributed by atoms with Gasteiger partial charge in [0.25, 0.3) is 0 Å². The first-order chi connectivity index (χ1) is 9.58. The van der Waals surface area contributed by atoms with Gasteiger partial charge in [0.05, 0.1) is 12.8 Å². The van der Waals surface area contributed by atoms with Gasteiger partial charge in [-0.15, -0.1) is 0 Å². The average Bonchev–Trinajstić information content (AvgIpc) is 2.87. The Hall–Kier alpha value is -0.500. The SMILES string of the molecule is CCS(=O)(=O)C1CSCCN1Cc1occc1CNC. The Morgan fingerprint density at radius 3 is 3.05 bits per heavy atom. The molecule has 1 saturated heterocycles. The summed E-state index contributed by atoms with van der Waals surface area (Å²) in [5.74, 6) is 2.68. The summed E-state index contributed by atoms with van der Waals surface area (Å²) in [4.78, 5) is 2.04. The van der Waals surface area contributed by atoms with Gasteiger partial charge in [-0.2, -0.15) is 11.8 Å². The highest BCUT2D eigenvalue weighted by Gasteiger charge is 2.33. The number of nitrogens with one attached hydrogen (secondary N) is 1. The van der Waals surface area contributed by atoms with E-state index in [9.17, 15) is 8.42 Å². The van der Waals surface area contributed by atoms with Gasteiger partial charge >= 0.3 is 0 Å². The van der Waals surface area contributed by atoms with Crippen molar-refractivity contribution in [2.45, 2.75) is 25.4 Å². The van der Waals surface area contributed by atoms with Crippen LogP contribution in [0.15, 0.2) is 16.7 Å². The van der Waals surface area contributed by atoms with Crippen molar-refractivity contribution >= 4 is 21.6 Å². The molecule has 0 saturated carbocycles. The van der Waals surface area contributed by atoms with Crippen molar-refractivity contribution in [2.75, 3.05) is 30.9 Å². The van der Waals surface area contributed by atoms with Gasteiger partial charge in [0.2, 0.25) is 0 Å². The summed E-state index contributed by atoms with van der Waals surface area (Å²) in [6, 6.07) is 1.94. The fraction of sp³-hybridized carbons (Fsp3) is 0.692.